The topological polar surface area (TPSA) is 117 Å². The zero-order valence-corrected chi connectivity index (χ0v) is 19.8. The molecule has 1 saturated carbocycles. The molecule has 0 bridgehead atoms. The average molecular weight is 477 g/mol. The van der Waals surface area contributed by atoms with Gasteiger partial charge in [-0.25, -0.2) is 0 Å². The van der Waals surface area contributed by atoms with Crippen LogP contribution in [0.4, 0.5) is 0 Å². The highest BCUT2D eigenvalue weighted by Gasteiger charge is 2.39. The van der Waals surface area contributed by atoms with Gasteiger partial charge in [-0.2, -0.15) is 0 Å². The molecular formula is C25H36N2O7. The summed E-state index contributed by atoms with van der Waals surface area (Å²) >= 11 is 0. The van der Waals surface area contributed by atoms with Crippen LogP contribution in [-0.2, 0) is 41.5 Å². The Hall–Kier alpha value is -2.17. The van der Waals surface area contributed by atoms with E-state index in [0.717, 1.165) is 24.0 Å². The molecular weight excluding hydrogens is 440 g/mol. The van der Waals surface area contributed by atoms with Crippen molar-refractivity contribution in [2.24, 2.45) is 5.73 Å². The van der Waals surface area contributed by atoms with Gasteiger partial charge in [0.25, 0.3) is 5.91 Å². The van der Waals surface area contributed by atoms with Gasteiger partial charge in [-0.15, -0.1) is 0 Å². The first kappa shape index (κ1) is 26.4. The number of aryl methyl sites for hydroxylation is 1. The standard InChI is InChI=1S/C25H36N2O7/c26-8-10-32-12-14-34-16-15-33-13-11-31-9-2-4-19-3-1-5-21-22(19)18-27(25(21)30)23-7-6-20(28)17-24(23)29/h1,3,5,23H,2,4,6-18,26H2. The molecule has 1 unspecified atom stereocenters. The fraction of sp³-hybridized carbons (Fsp3) is 0.640. The quantitative estimate of drug-likeness (QED) is 0.280. The summed E-state index contributed by atoms with van der Waals surface area (Å²) in [5, 5.41) is 0. The van der Waals surface area contributed by atoms with Crippen molar-refractivity contribution in [3.05, 3.63) is 34.9 Å². The minimum absolute atomic E-state index is 0.0333. The molecule has 0 saturated heterocycles. The van der Waals surface area contributed by atoms with Crippen molar-refractivity contribution in [3.63, 3.8) is 0 Å². The highest BCUT2D eigenvalue weighted by Crippen LogP contribution is 2.31. The lowest BCUT2D eigenvalue weighted by Crippen LogP contribution is -2.44. The lowest BCUT2D eigenvalue weighted by atomic mass is 9.92. The first-order valence-corrected chi connectivity index (χ1v) is 12.1. The summed E-state index contributed by atoms with van der Waals surface area (Å²) in [6.07, 6.45) is 2.35. The Bertz CT molecular complexity index is 829. The average Bonchev–Trinajstić information content (AvgIpc) is 3.16. The maximum absolute atomic E-state index is 12.9. The number of carbonyl (C=O) groups is 3. The molecule has 9 nitrogen and oxygen atoms in total. The van der Waals surface area contributed by atoms with E-state index in [-0.39, 0.29) is 23.9 Å². The van der Waals surface area contributed by atoms with Crippen molar-refractivity contribution in [3.8, 4) is 0 Å². The maximum Gasteiger partial charge on any atom is 0.255 e. The van der Waals surface area contributed by atoms with Gasteiger partial charge in [-0.3, -0.25) is 14.4 Å². The number of rotatable bonds is 16. The number of amides is 1. The number of benzene rings is 1. The first-order chi connectivity index (χ1) is 16.6. The zero-order valence-electron chi connectivity index (χ0n) is 19.8. The van der Waals surface area contributed by atoms with E-state index in [2.05, 4.69) is 0 Å². The van der Waals surface area contributed by atoms with Gasteiger partial charge >= 0.3 is 0 Å². The normalized spacial score (nSPS) is 18.1. The van der Waals surface area contributed by atoms with Crippen LogP contribution in [0.1, 0.15) is 47.2 Å². The van der Waals surface area contributed by atoms with Crippen molar-refractivity contribution in [2.75, 3.05) is 59.4 Å². The number of nitrogens with zero attached hydrogens (tertiary/aromatic N) is 1. The van der Waals surface area contributed by atoms with Crippen molar-refractivity contribution in [1.29, 1.82) is 0 Å². The monoisotopic (exact) mass is 476 g/mol. The molecule has 3 rings (SSSR count). The van der Waals surface area contributed by atoms with E-state index < -0.39 is 6.04 Å². The van der Waals surface area contributed by atoms with E-state index in [4.69, 9.17) is 24.7 Å². The summed E-state index contributed by atoms with van der Waals surface area (Å²) in [4.78, 5) is 38.4. The van der Waals surface area contributed by atoms with Crippen LogP contribution in [0.3, 0.4) is 0 Å². The number of hydrogen-bond acceptors (Lipinski definition) is 8. The Labute approximate surface area is 200 Å². The molecule has 0 radical (unpaired) electrons. The van der Waals surface area contributed by atoms with Crippen LogP contribution in [0.5, 0.6) is 0 Å². The van der Waals surface area contributed by atoms with Crippen molar-refractivity contribution < 1.29 is 33.3 Å². The second-order valence-corrected chi connectivity index (χ2v) is 8.45. The van der Waals surface area contributed by atoms with Gasteiger partial charge in [-0.05, 0) is 36.5 Å². The molecule has 1 aliphatic heterocycles. The molecule has 1 heterocycles. The number of ether oxygens (including phenoxy) is 4. The Morgan fingerprint density at radius 1 is 0.882 bits per heavy atom. The Balaban J connectivity index is 1.30. The van der Waals surface area contributed by atoms with Crippen LogP contribution in [0.15, 0.2) is 18.2 Å². The van der Waals surface area contributed by atoms with Gasteiger partial charge in [0.05, 0.1) is 58.7 Å². The van der Waals surface area contributed by atoms with Gasteiger partial charge in [0.1, 0.15) is 5.78 Å². The lowest BCUT2D eigenvalue weighted by molar-refractivity contribution is -0.133. The van der Waals surface area contributed by atoms with E-state index in [0.29, 0.717) is 84.3 Å². The van der Waals surface area contributed by atoms with E-state index in [1.165, 1.54) is 0 Å². The highest BCUT2D eigenvalue weighted by molar-refractivity contribution is 6.07. The predicted octanol–water partition coefficient (Wildman–Crippen LogP) is 1.29. The third-order valence-corrected chi connectivity index (χ3v) is 6.02. The van der Waals surface area contributed by atoms with E-state index in [1.807, 2.05) is 18.2 Å². The smallest absolute Gasteiger partial charge is 0.255 e. The minimum Gasteiger partial charge on any atom is -0.379 e. The first-order valence-electron chi connectivity index (χ1n) is 12.1. The van der Waals surface area contributed by atoms with Crippen LogP contribution in [0, 0.1) is 0 Å². The molecule has 188 valence electrons. The van der Waals surface area contributed by atoms with Crippen LogP contribution in [0.2, 0.25) is 0 Å². The van der Waals surface area contributed by atoms with Crippen LogP contribution in [-0.4, -0.2) is 87.8 Å². The van der Waals surface area contributed by atoms with Crippen LogP contribution >= 0.6 is 0 Å². The highest BCUT2D eigenvalue weighted by atomic mass is 16.6. The molecule has 34 heavy (non-hydrogen) atoms. The zero-order chi connectivity index (χ0) is 24.2. The molecule has 2 N–H and O–H groups in total. The summed E-state index contributed by atoms with van der Waals surface area (Å²) < 4.78 is 21.7. The van der Waals surface area contributed by atoms with Gasteiger partial charge in [0.15, 0.2) is 5.78 Å². The van der Waals surface area contributed by atoms with Crippen LogP contribution in [0.25, 0.3) is 0 Å². The fourth-order valence-electron chi connectivity index (χ4n) is 4.30. The third-order valence-electron chi connectivity index (χ3n) is 6.02. The van der Waals surface area contributed by atoms with Gasteiger partial charge in [-0.1, -0.05) is 12.1 Å². The second-order valence-electron chi connectivity index (χ2n) is 8.45. The number of carbonyl (C=O) groups excluding carboxylic acids is 3. The number of Topliss-reactive ketones (excluding diaryl/α,β-unsaturated/α-hetero) is 2. The van der Waals surface area contributed by atoms with E-state index in [1.54, 1.807) is 4.90 Å². The molecule has 1 amide bonds. The van der Waals surface area contributed by atoms with Crippen molar-refractivity contribution in [2.45, 2.75) is 44.7 Å². The van der Waals surface area contributed by atoms with E-state index >= 15 is 0 Å². The molecule has 1 aromatic rings. The number of fused-ring (bicyclic) bond motifs is 1. The van der Waals surface area contributed by atoms with Gasteiger partial charge in [0.2, 0.25) is 0 Å². The molecule has 1 aromatic carbocycles. The van der Waals surface area contributed by atoms with Crippen molar-refractivity contribution >= 4 is 17.5 Å². The fourth-order valence-corrected chi connectivity index (χ4v) is 4.30. The second kappa shape index (κ2) is 14.3. The summed E-state index contributed by atoms with van der Waals surface area (Å²) in [7, 11) is 0. The molecule has 0 aromatic heterocycles. The van der Waals surface area contributed by atoms with Crippen LogP contribution < -0.4 is 5.73 Å². The lowest BCUT2D eigenvalue weighted by Gasteiger charge is -2.29. The third kappa shape index (κ3) is 7.68. The SMILES string of the molecule is NCCOCCOCCOCCOCCCc1cccc2c1CN(C1CCC(=O)CC1=O)C2=O. The number of nitrogens with two attached hydrogens (primary N) is 1. The number of hydrogen-bond donors (Lipinski definition) is 1. The largest absolute Gasteiger partial charge is 0.379 e. The Morgan fingerprint density at radius 3 is 2.18 bits per heavy atom. The molecule has 9 heteroatoms. The molecule has 1 fully saturated rings. The maximum atomic E-state index is 12.9. The minimum atomic E-state index is -0.483. The molecule has 1 aliphatic carbocycles. The van der Waals surface area contributed by atoms with Gasteiger partial charge in [0, 0.05) is 31.7 Å². The predicted molar refractivity (Wildman–Crippen MR) is 125 cm³/mol. The van der Waals surface area contributed by atoms with Crippen molar-refractivity contribution in [1.82, 2.24) is 4.90 Å². The Morgan fingerprint density at radius 2 is 1.53 bits per heavy atom. The summed E-state index contributed by atoms with van der Waals surface area (Å²) in [5.41, 5.74) is 8.11. The van der Waals surface area contributed by atoms with E-state index in [9.17, 15) is 14.4 Å². The Kier molecular flexibility index (Phi) is 11.1. The van der Waals surface area contributed by atoms with Gasteiger partial charge < -0.3 is 29.6 Å². The summed E-state index contributed by atoms with van der Waals surface area (Å²) in [5.74, 6) is -0.281. The molecule has 1 atom stereocenters. The summed E-state index contributed by atoms with van der Waals surface area (Å²) in [6, 6.07) is 5.27. The molecule has 2 aliphatic rings. The molecule has 0 spiro atoms. The number of ketones is 2. The summed E-state index contributed by atoms with van der Waals surface area (Å²) in [6.45, 7) is 5.22.